The first-order valence-corrected chi connectivity index (χ1v) is 7.20. The monoisotopic (exact) mass is 293 g/mol. The van der Waals surface area contributed by atoms with Crippen molar-refractivity contribution in [3.8, 4) is 5.75 Å². The molecule has 0 bridgehead atoms. The summed E-state index contributed by atoms with van der Waals surface area (Å²) in [5, 5.41) is 5.43. The summed E-state index contributed by atoms with van der Waals surface area (Å²) in [5.41, 5.74) is 9.14. The molecule has 3 N–H and O–H groups in total. The number of ether oxygens (including phenoxy) is 1. The van der Waals surface area contributed by atoms with Gasteiger partial charge in [-0.1, -0.05) is 30.3 Å². The van der Waals surface area contributed by atoms with Gasteiger partial charge >= 0.3 is 0 Å². The number of methoxy groups -OCH3 is 1. The number of anilines is 2. The molecule has 0 unspecified atom stereocenters. The molecule has 1 aromatic heterocycles. The van der Waals surface area contributed by atoms with Crippen LogP contribution in [0.15, 0.2) is 48.7 Å². The van der Waals surface area contributed by atoms with Gasteiger partial charge in [0.05, 0.1) is 7.11 Å². The average molecular weight is 293 g/mol. The molecule has 3 rings (SSSR count). The van der Waals surface area contributed by atoms with Gasteiger partial charge in [0.1, 0.15) is 11.6 Å². The minimum atomic E-state index is 0.643. The second-order valence-electron chi connectivity index (χ2n) is 5.22. The van der Waals surface area contributed by atoms with Crippen molar-refractivity contribution in [2.45, 2.75) is 13.5 Å². The zero-order valence-corrected chi connectivity index (χ0v) is 12.8. The lowest BCUT2D eigenvalue weighted by Crippen LogP contribution is -2.04. The topological polar surface area (TPSA) is 60.2 Å². The van der Waals surface area contributed by atoms with E-state index in [4.69, 9.17) is 10.5 Å². The number of fused-ring (bicyclic) bond motifs is 1. The zero-order valence-electron chi connectivity index (χ0n) is 12.8. The molecule has 0 saturated heterocycles. The fourth-order valence-corrected chi connectivity index (χ4v) is 2.56. The molecule has 0 spiro atoms. The number of aromatic nitrogens is 1. The van der Waals surface area contributed by atoms with E-state index in [0.717, 1.165) is 39.2 Å². The fourth-order valence-electron chi connectivity index (χ4n) is 2.56. The predicted octanol–water partition coefficient (Wildman–Crippen LogP) is 3.75. The van der Waals surface area contributed by atoms with Crippen LogP contribution >= 0.6 is 0 Å². The highest BCUT2D eigenvalue weighted by atomic mass is 16.5. The van der Waals surface area contributed by atoms with Crippen molar-refractivity contribution in [2.75, 3.05) is 18.2 Å². The smallest absolute Gasteiger partial charge is 0.134 e. The van der Waals surface area contributed by atoms with Crippen LogP contribution in [-0.4, -0.2) is 12.1 Å². The van der Waals surface area contributed by atoms with Gasteiger partial charge in [-0.15, -0.1) is 0 Å². The summed E-state index contributed by atoms with van der Waals surface area (Å²) >= 11 is 0. The molecule has 0 aliphatic carbocycles. The maximum absolute atomic E-state index is 6.16. The molecule has 4 heteroatoms. The van der Waals surface area contributed by atoms with Gasteiger partial charge in [-0.25, -0.2) is 4.98 Å². The van der Waals surface area contributed by atoms with Crippen molar-refractivity contribution in [1.29, 1.82) is 0 Å². The largest absolute Gasteiger partial charge is 0.496 e. The number of benzene rings is 2. The molecule has 0 radical (unpaired) electrons. The third kappa shape index (κ3) is 2.55. The van der Waals surface area contributed by atoms with E-state index in [2.05, 4.69) is 16.4 Å². The van der Waals surface area contributed by atoms with Gasteiger partial charge in [-0.05, 0) is 24.6 Å². The van der Waals surface area contributed by atoms with Crippen LogP contribution in [0.4, 0.5) is 11.5 Å². The molecule has 0 aliphatic rings. The SMILES string of the molecule is COc1ccccc1CNc1nccc2c(N)c(C)ccc12. The Morgan fingerprint density at radius 2 is 1.91 bits per heavy atom. The van der Waals surface area contributed by atoms with Gasteiger partial charge in [-0.3, -0.25) is 0 Å². The Bertz CT molecular complexity index is 815. The maximum Gasteiger partial charge on any atom is 0.134 e. The average Bonchev–Trinajstić information content (AvgIpc) is 2.56. The summed E-state index contributed by atoms with van der Waals surface area (Å²) in [4.78, 5) is 4.44. The van der Waals surface area contributed by atoms with Crippen molar-refractivity contribution < 1.29 is 4.74 Å². The summed E-state index contributed by atoms with van der Waals surface area (Å²) < 4.78 is 5.38. The van der Waals surface area contributed by atoms with Crippen molar-refractivity contribution in [3.63, 3.8) is 0 Å². The number of pyridine rings is 1. The number of hydrogen-bond donors (Lipinski definition) is 2. The Morgan fingerprint density at radius 3 is 2.73 bits per heavy atom. The summed E-state index contributed by atoms with van der Waals surface area (Å²) in [7, 11) is 1.68. The summed E-state index contributed by atoms with van der Waals surface area (Å²) in [6.07, 6.45) is 1.78. The van der Waals surface area contributed by atoms with E-state index in [-0.39, 0.29) is 0 Å². The van der Waals surface area contributed by atoms with Gasteiger partial charge in [0.25, 0.3) is 0 Å². The molecule has 112 valence electrons. The van der Waals surface area contributed by atoms with Crippen LogP contribution in [0.1, 0.15) is 11.1 Å². The molecule has 3 aromatic rings. The Morgan fingerprint density at radius 1 is 1.09 bits per heavy atom. The van der Waals surface area contributed by atoms with E-state index in [1.165, 1.54) is 0 Å². The van der Waals surface area contributed by atoms with Gasteiger partial charge < -0.3 is 15.8 Å². The van der Waals surface area contributed by atoms with Gasteiger partial charge in [0, 0.05) is 34.8 Å². The number of aryl methyl sites for hydroxylation is 1. The minimum absolute atomic E-state index is 0.643. The molecule has 1 heterocycles. The lowest BCUT2D eigenvalue weighted by Gasteiger charge is -2.13. The van der Waals surface area contributed by atoms with E-state index in [1.54, 1.807) is 13.3 Å². The lowest BCUT2D eigenvalue weighted by atomic mass is 10.1. The van der Waals surface area contributed by atoms with Gasteiger partial charge in [-0.2, -0.15) is 0 Å². The molecule has 4 nitrogen and oxygen atoms in total. The Balaban J connectivity index is 1.93. The Kier molecular flexibility index (Phi) is 3.83. The first-order valence-electron chi connectivity index (χ1n) is 7.20. The normalized spacial score (nSPS) is 10.6. The highest BCUT2D eigenvalue weighted by Gasteiger charge is 2.07. The van der Waals surface area contributed by atoms with Crippen LogP contribution in [0.2, 0.25) is 0 Å². The van der Waals surface area contributed by atoms with Crippen LogP contribution in [0.25, 0.3) is 10.8 Å². The van der Waals surface area contributed by atoms with Crippen molar-refractivity contribution in [2.24, 2.45) is 0 Å². The van der Waals surface area contributed by atoms with E-state index in [0.29, 0.717) is 6.54 Å². The van der Waals surface area contributed by atoms with E-state index in [9.17, 15) is 0 Å². The zero-order chi connectivity index (χ0) is 15.5. The quantitative estimate of drug-likeness (QED) is 0.719. The summed E-state index contributed by atoms with van der Waals surface area (Å²) in [6, 6.07) is 14.0. The molecule has 0 fully saturated rings. The van der Waals surface area contributed by atoms with E-state index < -0.39 is 0 Å². The Hall–Kier alpha value is -2.75. The molecule has 2 aromatic carbocycles. The van der Waals surface area contributed by atoms with Gasteiger partial charge in [0.15, 0.2) is 0 Å². The number of nitrogen functional groups attached to an aromatic ring is 1. The molecular formula is C18H19N3O. The van der Waals surface area contributed by atoms with E-state index in [1.807, 2.05) is 43.3 Å². The summed E-state index contributed by atoms with van der Waals surface area (Å²) in [5.74, 6) is 1.70. The summed E-state index contributed by atoms with van der Waals surface area (Å²) in [6.45, 7) is 2.65. The van der Waals surface area contributed by atoms with Crippen molar-refractivity contribution in [1.82, 2.24) is 4.98 Å². The minimum Gasteiger partial charge on any atom is -0.496 e. The van der Waals surface area contributed by atoms with Gasteiger partial charge in [0.2, 0.25) is 0 Å². The fraction of sp³-hybridized carbons (Fsp3) is 0.167. The van der Waals surface area contributed by atoms with Crippen LogP contribution in [-0.2, 0) is 6.54 Å². The number of para-hydroxylation sites is 1. The first-order chi connectivity index (χ1) is 10.7. The third-order valence-electron chi connectivity index (χ3n) is 3.84. The molecule has 0 amide bonds. The van der Waals surface area contributed by atoms with Crippen LogP contribution < -0.4 is 15.8 Å². The Labute approximate surface area is 129 Å². The lowest BCUT2D eigenvalue weighted by molar-refractivity contribution is 0.410. The molecule has 22 heavy (non-hydrogen) atoms. The highest BCUT2D eigenvalue weighted by molar-refractivity contribution is 6.00. The molecule has 0 aliphatic heterocycles. The highest BCUT2D eigenvalue weighted by Crippen LogP contribution is 2.29. The number of rotatable bonds is 4. The second-order valence-corrected chi connectivity index (χ2v) is 5.22. The van der Waals surface area contributed by atoms with Crippen molar-refractivity contribution >= 4 is 22.3 Å². The van der Waals surface area contributed by atoms with Crippen LogP contribution in [0.5, 0.6) is 5.75 Å². The first kappa shape index (κ1) is 14.2. The maximum atomic E-state index is 6.16. The van der Waals surface area contributed by atoms with E-state index >= 15 is 0 Å². The molecular weight excluding hydrogens is 274 g/mol. The molecule has 0 saturated carbocycles. The standard InChI is InChI=1S/C18H19N3O/c1-12-7-8-15-14(17(12)19)9-10-20-18(15)21-11-13-5-3-4-6-16(13)22-2/h3-10H,11,19H2,1-2H3,(H,20,21). The predicted molar refractivity (Wildman–Crippen MR) is 91.2 cm³/mol. The third-order valence-corrected chi connectivity index (χ3v) is 3.84. The second kappa shape index (κ2) is 5.93. The van der Waals surface area contributed by atoms with Crippen LogP contribution in [0.3, 0.4) is 0 Å². The number of hydrogen-bond acceptors (Lipinski definition) is 4. The molecule has 0 atom stereocenters. The number of nitrogens with zero attached hydrogens (tertiary/aromatic N) is 1. The van der Waals surface area contributed by atoms with Crippen molar-refractivity contribution in [3.05, 3.63) is 59.8 Å². The number of nitrogens with two attached hydrogens (primary N) is 1. The number of nitrogens with one attached hydrogen (secondary N) is 1. The van der Waals surface area contributed by atoms with Crippen LogP contribution in [0, 0.1) is 6.92 Å².